The van der Waals surface area contributed by atoms with Crippen LogP contribution >= 0.6 is 0 Å². The molecular formula is C47H31NO. The molecule has 2 heteroatoms. The van der Waals surface area contributed by atoms with Crippen molar-refractivity contribution >= 4 is 49.8 Å². The molecule has 10 rings (SSSR count). The minimum Gasteiger partial charge on any atom is -0.456 e. The lowest BCUT2D eigenvalue weighted by atomic mass is 9.67. The number of fused-ring (bicyclic) bond motifs is 8. The van der Waals surface area contributed by atoms with Gasteiger partial charge in [0.25, 0.3) is 0 Å². The Hall–Kier alpha value is -6.38. The third-order valence-electron chi connectivity index (χ3n) is 10.3. The number of hydrogen-bond acceptors (Lipinski definition) is 2. The smallest absolute Gasteiger partial charge is 0.135 e. The van der Waals surface area contributed by atoms with E-state index in [9.17, 15) is 0 Å². The van der Waals surface area contributed by atoms with E-state index in [1.165, 1.54) is 44.2 Å². The minimum atomic E-state index is -0.470. The van der Waals surface area contributed by atoms with Crippen molar-refractivity contribution in [2.45, 2.75) is 5.41 Å². The van der Waals surface area contributed by atoms with E-state index in [0.717, 1.165) is 39.0 Å². The van der Waals surface area contributed by atoms with Crippen LogP contribution < -0.4 is 4.90 Å². The molecular weight excluding hydrogens is 595 g/mol. The summed E-state index contributed by atoms with van der Waals surface area (Å²) in [4.78, 5) is 2.37. The van der Waals surface area contributed by atoms with Crippen LogP contribution in [0.15, 0.2) is 192 Å². The topological polar surface area (TPSA) is 16.4 Å². The monoisotopic (exact) mass is 625 g/mol. The van der Waals surface area contributed by atoms with Crippen LogP contribution in [0.1, 0.15) is 22.3 Å². The first-order valence-corrected chi connectivity index (χ1v) is 16.9. The molecule has 0 saturated carbocycles. The standard InChI is InChI=1S/C47H31NO/c1-4-15-33(16-5-1)47(34-17-6-2-7-18-34)42-28-25-36(31-41(42)46-38-21-11-10-14-32(38)24-27-43(46)47)48(35-19-8-3-9-20-35)37-26-29-45-40(30-37)39-22-12-13-23-44(39)49-45/h1-31H. The van der Waals surface area contributed by atoms with E-state index >= 15 is 0 Å². The highest BCUT2D eigenvalue weighted by Gasteiger charge is 2.46. The molecule has 0 atom stereocenters. The van der Waals surface area contributed by atoms with Crippen LogP contribution in [0.4, 0.5) is 17.1 Å². The van der Waals surface area contributed by atoms with Gasteiger partial charge in [0, 0.05) is 27.8 Å². The van der Waals surface area contributed by atoms with Gasteiger partial charge in [-0.1, -0.05) is 140 Å². The van der Waals surface area contributed by atoms with Gasteiger partial charge in [0.15, 0.2) is 0 Å². The van der Waals surface area contributed by atoms with Gasteiger partial charge in [-0.15, -0.1) is 0 Å². The summed E-state index contributed by atoms with van der Waals surface area (Å²) in [6, 6.07) is 68.1. The van der Waals surface area contributed by atoms with Crippen molar-refractivity contribution in [1.29, 1.82) is 0 Å². The van der Waals surface area contributed by atoms with E-state index in [-0.39, 0.29) is 0 Å². The molecule has 0 bridgehead atoms. The van der Waals surface area contributed by atoms with Crippen molar-refractivity contribution in [3.63, 3.8) is 0 Å². The van der Waals surface area contributed by atoms with Gasteiger partial charge >= 0.3 is 0 Å². The summed E-state index contributed by atoms with van der Waals surface area (Å²) in [6.45, 7) is 0. The average molecular weight is 626 g/mol. The molecule has 1 heterocycles. The van der Waals surface area contributed by atoms with Gasteiger partial charge < -0.3 is 9.32 Å². The van der Waals surface area contributed by atoms with Crippen LogP contribution in [-0.4, -0.2) is 0 Å². The first kappa shape index (κ1) is 27.7. The van der Waals surface area contributed by atoms with Gasteiger partial charge in [-0.2, -0.15) is 0 Å². The van der Waals surface area contributed by atoms with Gasteiger partial charge in [-0.05, 0) is 92.7 Å². The van der Waals surface area contributed by atoms with Crippen molar-refractivity contribution in [3.05, 3.63) is 210 Å². The molecule has 1 aromatic heterocycles. The third kappa shape index (κ3) is 4.07. The zero-order valence-corrected chi connectivity index (χ0v) is 26.8. The molecule has 230 valence electrons. The highest BCUT2D eigenvalue weighted by molar-refractivity contribution is 6.07. The Labute approximate surface area is 285 Å². The SMILES string of the molecule is c1ccc(N(c2ccc3c(c2)-c2c(ccc4ccccc24)C3(c2ccccc2)c2ccccc2)c2ccc3oc4ccccc4c3c2)cc1. The molecule has 0 spiro atoms. The number of nitrogens with zero attached hydrogens (tertiary/aromatic N) is 1. The van der Waals surface area contributed by atoms with Gasteiger partial charge in [0.05, 0.1) is 5.41 Å². The van der Waals surface area contributed by atoms with Crippen molar-refractivity contribution in [2.75, 3.05) is 4.90 Å². The quantitative estimate of drug-likeness (QED) is 0.189. The zero-order chi connectivity index (χ0) is 32.4. The lowest BCUT2D eigenvalue weighted by Crippen LogP contribution is -2.28. The fraction of sp³-hybridized carbons (Fsp3) is 0.0213. The molecule has 2 nitrogen and oxygen atoms in total. The molecule has 0 aliphatic heterocycles. The molecule has 0 N–H and O–H groups in total. The van der Waals surface area contributed by atoms with E-state index in [2.05, 4.69) is 181 Å². The molecule has 0 unspecified atom stereocenters. The molecule has 1 aliphatic carbocycles. The predicted molar refractivity (Wildman–Crippen MR) is 203 cm³/mol. The summed E-state index contributed by atoms with van der Waals surface area (Å²) in [5.74, 6) is 0. The van der Waals surface area contributed by atoms with Crippen LogP contribution in [0.25, 0.3) is 43.8 Å². The number of para-hydroxylation sites is 2. The van der Waals surface area contributed by atoms with Crippen molar-refractivity contribution in [1.82, 2.24) is 0 Å². The first-order chi connectivity index (χ1) is 24.3. The van der Waals surface area contributed by atoms with Crippen LogP contribution in [0, 0.1) is 0 Å². The summed E-state index contributed by atoms with van der Waals surface area (Å²) < 4.78 is 6.23. The summed E-state index contributed by atoms with van der Waals surface area (Å²) in [5, 5.41) is 4.74. The van der Waals surface area contributed by atoms with E-state index in [1.54, 1.807) is 0 Å². The number of anilines is 3. The van der Waals surface area contributed by atoms with Crippen LogP contribution in [0.3, 0.4) is 0 Å². The molecule has 1 aliphatic rings. The second-order valence-electron chi connectivity index (χ2n) is 12.9. The molecule has 0 amide bonds. The second kappa shape index (κ2) is 10.8. The Kier molecular flexibility index (Phi) is 6.13. The van der Waals surface area contributed by atoms with Crippen LogP contribution in [0.2, 0.25) is 0 Å². The molecule has 8 aromatic carbocycles. The van der Waals surface area contributed by atoms with E-state index < -0.39 is 5.41 Å². The molecule has 0 fully saturated rings. The lowest BCUT2D eigenvalue weighted by Gasteiger charge is -2.34. The van der Waals surface area contributed by atoms with Crippen LogP contribution in [0.5, 0.6) is 0 Å². The Morgan fingerprint density at radius 3 is 1.71 bits per heavy atom. The van der Waals surface area contributed by atoms with E-state index in [4.69, 9.17) is 4.42 Å². The fourth-order valence-corrected chi connectivity index (χ4v) is 8.27. The van der Waals surface area contributed by atoms with Crippen molar-refractivity contribution < 1.29 is 4.42 Å². The number of benzene rings is 8. The Bertz CT molecular complexity index is 2620. The van der Waals surface area contributed by atoms with Gasteiger partial charge in [-0.3, -0.25) is 0 Å². The Morgan fingerprint density at radius 1 is 0.388 bits per heavy atom. The maximum absolute atomic E-state index is 6.23. The number of hydrogen-bond donors (Lipinski definition) is 0. The second-order valence-corrected chi connectivity index (χ2v) is 12.9. The molecule has 0 radical (unpaired) electrons. The molecule has 9 aromatic rings. The highest BCUT2D eigenvalue weighted by Crippen LogP contribution is 2.58. The summed E-state index contributed by atoms with van der Waals surface area (Å²) >= 11 is 0. The van der Waals surface area contributed by atoms with Crippen molar-refractivity contribution in [3.8, 4) is 11.1 Å². The van der Waals surface area contributed by atoms with Gasteiger partial charge in [-0.25, -0.2) is 0 Å². The summed E-state index contributed by atoms with van der Waals surface area (Å²) in [7, 11) is 0. The summed E-state index contributed by atoms with van der Waals surface area (Å²) in [5.41, 5.74) is 12.3. The van der Waals surface area contributed by atoms with Gasteiger partial charge in [0.2, 0.25) is 0 Å². The normalized spacial score (nSPS) is 13.1. The fourth-order valence-electron chi connectivity index (χ4n) is 8.27. The van der Waals surface area contributed by atoms with E-state index in [0.29, 0.717) is 0 Å². The largest absolute Gasteiger partial charge is 0.456 e. The Morgan fingerprint density at radius 2 is 0.959 bits per heavy atom. The summed E-state index contributed by atoms with van der Waals surface area (Å²) in [6.07, 6.45) is 0. The third-order valence-corrected chi connectivity index (χ3v) is 10.3. The predicted octanol–water partition coefficient (Wildman–Crippen LogP) is 12.6. The first-order valence-electron chi connectivity index (χ1n) is 16.9. The van der Waals surface area contributed by atoms with E-state index in [1.807, 2.05) is 12.1 Å². The molecule has 0 saturated heterocycles. The lowest BCUT2D eigenvalue weighted by molar-refractivity contribution is 0.669. The minimum absolute atomic E-state index is 0.470. The number of rotatable bonds is 5. The average Bonchev–Trinajstić information content (AvgIpc) is 3.70. The zero-order valence-electron chi connectivity index (χ0n) is 26.8. The highest BCUT2D eigenvalue weighted by atomic mass is 16.3. The maximum Gasteiger partial charge on any atom is 0.135 e. The Balaban J connectivity index is 1.28. The molecule has 49 heavy (non-hydrogen) atoms. The van der Waals surface area contributed by atoms with Crippen LogP contribution in [-0.2, 0) is 5.41 Å². The van der Waals surface area contributed by atoms with Crippen molar-refractivity contribution in [2.24, 2.45) is 0 Å². The maximum atomic E-state index is 6.23. The van der Waals surface area contributed by atoms with Gasteiger partial charge in [0.1, 0.15) is 11.2 Å². The number of furan rings is 1.